The van der Waals surface area contributed by atoms with E-state index in [4.69, 9.17) is 23.2 Å². The maximum Gasteiger partial charge on any atom is 0.573 e. The number of ether oxygens (including phenoxy) is 1. The van der Waals surface area contributed by atoms with Gasteiger partial charge >= 0.3 is 6.36 Å². The number of benzene rings is 3. The van der Waals surface area contributed by atoms with Crippen LogP contribution in [0.3, 0.4) is 0 Å². The van der Waals surface area contributed by atoms with Crippen molar-refractivity contribution in [1.29, 1.82) is 0 Å². The van der Waals surface area contributed by atoms with Gasteiger partial charge in [-0.15, -0.1) is 13.2 Å². The monoisotopic (exact) mass is 494 g/mol. The Labute approximate surface area is 196 Å². The Morgan fingerprint density at radius 2 is 1.45 bits per heavy atom. The van der Waals surface area contributed by atoms with Crippen LogP contribution in [0.25, 0.3) is 6.08 Å². The summed E-state index contributed by atoms with van der Waals surface area (Å²) in [7, 11) is 0. The fourth-order valence-electron chi connectivity index (χ4n) is 2.67. The first-order valence-corrected chi connectivity index (χ1v) is 10.1. The second kappa shape index (κ2) is 10.4. The summed E-state index contributed by atoms with van der Waals surface area (Å²) in [6.45, 7) is 0. The zero-order valence-corrected chi connectivity index (χ0v) is 18.1. The van der Waals surface area contributed by atoms with Crippen LogP contribution in [0.2, 0.25) is 10.0 Å². The van der Waals surface area contributed by atoms with Crippen molar-refractivity contribution >= 4 is 46.8 Å². The topological polar surface area (TPSA) is 67.4 Å². The van der Waals surface area contributed by atoms with Gasteiger partial charge in [-0.1, -0.05) is 47.5 Å². The summed E-state index contributed by atoms with van der Waals surface area (Å²) < 4.78 is 40.8. The van der Waals surface area contributed by atoms with Gasteiger partial charge in [-0.2, -0.15) is 0 Å². The summed E-state index contributed by atoms with van der Waals surface area (Å²) >= 11 is 12.4. The molecule has 33 heavy (non-hydrogen) atoms. The Morgan fingerprint density at radius 1 is 0.848 bits per heavy atom. The van der Waals surface area contributed by atoms with E-state index in [1.807, 2.05) is 0 Å². The zero-order chi connectivity index (χ0) is 24.0. The molecule has 0 aliphatic carbocycles. The third kappa shape index (κ3) is 7.00. The zero-order valence-electron chi connectivity index (χ0n) is 16.6. The number of hydrogen-bond donors (Lipinski definition) is 2. The summed E-state index contributed by atoms with van der Waals surface area (Å²) in [6.07, 6.45) is -3.53. The Hall–Kier alpha value is -3.49. The highest BCUT2D eigenvalue weighted by Crippen LogP contribution is 2.27. The lowest BCUT2D eigenvalue weighted by Crippen LogP contribution is -2.30. The highest BCUT2D eigenvalue weighted by Gasteiger charge is 2.31. The molecule has 0 saturated carbocycles. The molecule has 3 aromatic carbocycles. The van der Waals surface area contributed by atoms with E-state index in [1.54, 1.807) is 48.5 Å². The van der Waals surface area contributed by atoms with Gasteiger partial charge in [0.2, 0.25) is 0 Å². The van der Waals surface area contributed by atoms with Crippen molar-refractivity contribution in [3.63, 3.8) is 0 Å². The first-order valence-electron chi connectivity index (χ1n) is 9.31. The van der Waals surface area contributed by atoms with E-state index >= 15 is 0 Å². The fraction of sp³-hybridized carbons (Fsp3) is 0.0435. The first-order chi connectivity index (χ1) is 15.6. The molecule has 10 heteroatoms. The largest absolute Gasteiger partial charge is 0.573 e. The number of halogens is 5. The van der Waals surface area contributed by atoms with Gasteiger partial charge in [-0.05, 0) is 54.6 Å². The van der Waals surface area contributed by atoms with Crippen molar-refractivity contribution in [2.45, 2.75) is 6.36 Å². The van der Waals surface area contributed by atoms with Gasteiger partial charge in [-0.25, -0.2) is 0 Å². The van der Waals surface area contributed by atoms with Crippen molar-refractivity contribution in [2.24, 2.45) is 0 Å². The lowest BCUT2D eigenvalue weighted by Gasteiger charge is -2.13. The summed E-state index contributed by atoms with van der Waals surface area (Å²) in [5.41, 5.74) is 0.581. The molecule has 0 atom stereocenters. The maximum absolute atomic E-state index is 12.9. The van der Waals surface area contributed by atoms with Crippen LogP contribution in [0.15, 0.2) is 78.5 Å². The molecule has 0 aromatic heterocycles. The average Bonchev–Trinajstić information content (AvgIpc) is 2.76. The van der Waals surface area contributed by atoms with E-state index < -0.39 is 23.9 Å². The number of alkyl halides is 3. The Bertz CT molecular complexity index is 1160. The van der Waals surface area contributed by atoms with Crippen molar-refractivity contribution in [3.05, 3.63) is 99.7 Å². The van der Waals surface area contributed by atoms with Gasteiger partial charge in [0.1, 0.15) is 11.4 Å². The molecule has 0 radical (unpaired) electrons. The van der Waals surface area contributed by atoms with Crippen LogP contribution in [0.1, 0.15) is 15.9 Å². The van der Waals surface area contributed by atoms with Gasteiger partial charge in [0, 0.05) is 26.9 Å². The fourth-order valence-corrected chi connectivity index (χ4v) is 3.18. The van der Waals surface area contributed by atoms with Crippen LogP contribution in [-0.2, 0) is 4.79 Å². The van der Waals surface area contributed by atoms with E-state index in [0.29, 0.717) is 11.1 Å². The van der Waals surface area contributed by atoms with Gasteiger partial charge in [0.15, 0.2) is 0 Å². The molecule has 0 heterocycles. The minimum Gasteiger partial charge on any atom is -0.406 e. The molecule has 5 nitrogen and oxygen atoms in total. The molecule has 3 aromatic rings. The average molecular weight is 495 g/mol. The molecule has 2 amide bonds. The normalized spacial score (nSPS) is 11.6. The van der Waals surface area contributed by atoms with Gasteiger partial charge in [0.25, 0.3) is 11.8 Å². The third-order valence-corrected chi connectivity index (χ3v) is 4.82. The van der Waals surface area contributed by atoms with Crippen LogP contribution < -0.4 is 15.4 Å². The SMILES string of the molecule is O=C(Nc1ccc(OC(F)(F)F)cc1)C(=Cc1c(Cl)cccc1Cl)NC(=O)c1ccccc1. The minimum atomic E-state index is -4.84. The lowest BCUT2D eigenvalue weighted by molar-refractivity contribution is -0.274. The Balaban J connectivity index is 1.87. The summed E-state index contributed by atoms with van der Waals surface area (Å²) in [4.78, 5) is 25.6. The number of rotatable bonds is 6. The highest BCUT2D eigenvalue weighted by atomic mass is 35.5. The molecular weight excluding hydrogens is 480 g/mol. The molecule has 170 valence electrons. The van der Waals surface area contributed by atoms with Crippen molar-refractivity contribution in [2.75, 3.05) is 5.32 Å². The molecule has 0 fully saturated rings. The minimum absolute atomic E-state index is 0.166. The van der Waals surface area contributed by atoms with Crippen LogP contribution in [0, 0.1) is 0 Å². The number of hydrogen-bond acceptors (Lipinski definition) is 3. The van der Waals surface area contributed by atoms with E-state index in [2.05, 4.69) is 15.4 Å². The van der Waals surface area contributed by atoms with Gasteiger partial charge in [0.05, 0.1) is 0 Å². The van der Waals surface area contributed by atoms with Crippen LogP contribution in [0.4, 0.5) is 18.9 Å². The highest BCUT2D eigenvalue weighted by molar-refractivity contribution is 6.37. The van der Waals surface area contributed by atoms with Gasteiger partial charge < -0.3 is 15.4 Å². The predicted molar refractivity (Wildman–Crippen MR) is 120 cm³/mol. The Morgan fingerprint density at radius 3 is 2.03 bits per heavy atom. The van der Waals surface area contributed by atoms with E-state index in [0.717, 1.165) is 12.1 Å². The van der Waals surface area contributed by atoms with E-state index in [1.165, 1.54) is 18.2 Å². The van der Waals surface area contributed by atoms with Crippen molar-refractivity contribution < 1.29 is 27.5 Å². The van der Waals surface area contributed by atoms with Crippen LogP contribution >= 0.6 is 23.2 Å². The smallest absolute Gasteiger partial charge is 0.406 e. The Kier molecular flexibility index (Phi) is 7.63. The van der Waals surface area contributed by atoms with Crippen LogP contribution in [-0.4, -0.2) is 18.2 Å². The molecule has 0 saturated heterocycles. The molecule has 0 aliphatic heterocycles. The van der Waals surface area contributed by atoms with E-state index in [-0.39, 0.29) is 21.4 Å². The number of anilines is 1. The molecule has 0 unspecified atom stereocenters. The molecule has 3 rings (SSSR count). The van der Waals surface area contributed by atoms with E-state index in [9.17, 15) is 22.8 Å². The standard InChI is InChI=1S/C23H15Cl2F3N2O3/c24-18-7-4-8-19(25)17(18)13-20(30-21(31)14-5-2-1-3-6-14)22(32)29-15-9-11-16(12-10-15)33-23(26,27)28/h1-13H,(H,29,32)(H,30,31). The summed E-state index contributed by atoms with van der Waals surface area (Å²) in [5, 5.41) is 5.51. The second-order valence-corrected chi connectivity index (χ2v) is 7.35. The van der Waals surface area contributed by atoms with Crippen molar-refractivity contribution in [3.8, 4) is 5.75 Å². The number of amides is 2. The molecular formula is C23H15Cl2F3N2O3. The maximum atomic E-state index is 12.9. The lowest BCUT2D eigenvalue weighted by atomic mass is 10.1. The summed E-state index contributed by atoms with van der Waals surface area (Å²) in [5.74, 6) is -1.76. The third-order valence-electron chi connectivity index (χ3n) is 4.16. The number of carbonyl (C=O) groups excluding carboxylic acids is 2. The summed E-state index contributed by atoms with van der Waals surface area (Å²) in [6, 6.07) is 17.4. The second-order valence-electron chi connectivity index (χ2n) is 6.54. The molecule has 0 spiro atoms. The number of nitrogens with one attached hydrogen (secondary N) is 2. The predicted octanol–water partition coefficient (Wildman–Crippen LogP) is 6.30. The van der Waals surface area contributed by atoms with Crippen molar-refractivity contribution in [1.82, 2.24) is 5.32 Å². The molecule has 0 bridgehead atoms. The number of carbonyl (C=O) groups is 2. The quantitative estimate of drug-likeness (QED) is 0.395. The molecule has 0 aliphatic rings. The van der Waals surface area contributed by atoms with Crippen LogP contribution in [0.5, 0.6) is 5.75 Å². The molecule has 2 N–H and O–H groups in total. The van der Waals surface area contributed by atoms with Gasteiger partial charge in [-0.3, -0.25) is 9.59 Å². The first kappa shape index (κ1) is 24.2.